The molecule has 1 aliphatic heterocycles. The zero-order valence-corrected chi connectivity index (χ0v) is 12.3. The molecule has 0 aromatic heterocycles. The zero-order valence-electron chi connectivity index (χ0n) is 12.3. The van der Waals surface area contributed by atoms with E-state index >= 15 is 0 Å². The van der Waals surface area contributed by atoms with E-state index in [0.29, 0.717) is 0 Å². The third-order valence-electron chi connectivity index (χ3n) is 3.46. The normalized spacial score (nSPS) is 19.2. The molecule has 1 N–H and O–H groups in total. The quantitative estimate of drug-likeness (QED) is 0.303. The van der Waals surface area contributed by atoms with Gasteiger partial charge in [-0.15, -0.1) is 0 Å². The van der Waals surface area contributed by atoms with Crippen molar-refractivity contribution in [3.05, 3.63) is 29.1 Å². The standard InChI is InChI=1S/C14H14F5N3O/c1-6(2)7-3-23-4-8(20)22(7)5-21-14-12(18)10(16)9(15)11(17)13(14)19/h5-7,20H,3-4H2,1-2H3/t7-/m1/s1. The fourth-order valence-corrected chi connectivity index (χ4v) is 2.13. The summed E-state index contributed by atoms with van der Waals surface area (Å²) >= 11 is 0. The largest absolute Gasteiger partial charge is 0.371 e. The Morgan fingerprint density at radius 1 is 1.09 bits per heavy atom. The van der Waals surface area contributed by atoms with Crippen LogP contribution < -0.4 is 0 Å². The molecule has 0 spiro atoms. The summed E-state index contributed by atoms with van der Waals surface area (Å²) in [6.07, 6.45) is 0.897. The maximum absolute atomic E-state index is 13.6. The number of hydrogen-bond donors (Lipinski definition) is 1. The second-order valence-electron chi connectivity index (χ2n) is 5.34. The van der Waals surface area contributed by atoms with Crippen LogP contribution in [0.2, 0.25) is 0 Å². The molecular formula is C14H14F5N3O. The van der Waals surface area contributed by atoms with Crippen molar-refractivity contribution in [2.75, 3.05) is 13.2 Å². The van der Waals surface area contributed by atoms with Crippen LogP contribution in [0.3, 0.4) is 0 Å². The summed E-state index contributed by atoms with van der Waals surface area (Å²) in [5.74, 6) is -10.4. The average molecular weight is 335 g/mol. The molecule has 1 aromatic rings. The van der Waals surface area contributed by atoms with E-state index in [1.54, 1.807) is 0 Å². The summed E-state index contributed by atoms with van der Waals surface area (Å²) < 4.78 is 71.6. The summed E-state index contributed by atoms with van der Waals surface area (Å²) in [7, 11) is 0. The van der Waals surface area contributed by atoms with E-state index in [1.165, 1.54) is 4.90 Å². The van der Waals surface area contributed by atoms with Gasteiger partial charge in [0.2, 0.25) is 5.82 Å². The lowest BCUT2D eigenvalue weighted by Crippen LogP contribution is -2.50. The van der Waals surface area contributed by atoms with Crippen LogP contribution in [0.5, 0.6) is 0 Å². The van der Waals surface area contributed by atoms with Gasteiger partial charge < -0.3 is 9.64 Å². The Morgan fingerprint density at radius 3 is 2.13 bits per heavy atom. The maximum Gasteiger partial charge on any atom is 0.200 e. The summed E-state index contributed by atoms with van der Waals surface area (Å²) in [4.78, 5) is 4.68. The molecule has 9 heteroatoms. The van der Waals surface area contributed by atoms with Crippen LogP contribution in [0.4, 0.5) is 27.6 Å². The molecule has 1 aliphatic rings. The first-order valence-electron chi connectivity index (χ1n) is 6.74. The minimum Gasteiger partial charge on any atom is -0.371 e. The lowest BCUT2D eigenvalue weighted by Gasteiger charge is -2.36. The molecule has 1 aromatic carbocycles. The second kappa shape index (κ2) is 6.61. The number of amidine groups is 1. The van der Waals surface area contributed by atoms with Crippen molar-refractivity contribution in [1.29, 1.82) is 5.41 Å². The molecule has 0 saturated carbocycles. The fourth-order valence-electron chi connectivity index (χ4n) is 2.13. The Balaban J connectivity index is 2.41. The molecule has 23 heavy (non-hydrogen) atoms. The van der Waals surface area contributed by atoms with Crippen LogP contribution in [0.1, 0.15) is 13.8 Å². The molecule has 1 saturated heterocycles. The number of morpholine rings is 1. The van der Waals surface area contributed by atoms with Crippen molar-refractivity contribution < 1.29 is 26.7 Å². The van der Waals surface area contributed by atoms with E-state index in [2.05, 4.69) is 4.99 Å². The van der Waals surface area contributed by atoms with Crippen LogP contribution in [0, 0.1) is 40.4 Å². The predicted molar refractivity (Wildman–Crippen MR) is 73.4 cm³/mol. The molecule has 0 amide bonds. The van der Waals surface area contributed by atoms with Gasteiger partial charge in [0.05, 0.1) is 19.0 Å². The molecule has 126 valence electrons. The van der Waals surface area contributed by atoms with Gasteiger partial charge in [-0.3, -0.25) is 5.41 Å². The lowest BCUT2D eigenvalue weighted by atomic mass is 10.0. The number of rotatable bonds is 3. The summed E-state index contributed by atoms with van der Waals surface area (Å²) in [5, 5.41) is 7.78. The van der Waals surface area contributed by atoms with Gasteiger partial charge in [-0.25, -0.2) is 26.9 Å². The third kappa shape index (κ3) is 3.19. The highest BCUT2D eigenvalue weighted by molar-refractivity contribution is 5.92. The van der Waals surface area contributed by atoms with Gasteiger partial charge in [0.25, 0.3) is 0 Å². The third-order valence-corrected chi connectivity index (χ3v) is 3.46. The average Bonchev–Trinajstić information content (AvgIpc) is 2.52. The number of halogens is 5. The van der Waals surface area contributed by atoms with E-state index in [9.17, 15) is 22.0 Å². The molecule has 4 nitrogen and oxygen atoms in total. The van der Waals surface area contributed by atoms with E-state index < -0.39 is 34.8 Å². The van der Waals surface area contributed by atoms with E-state index in [-0.39, 0.29) is 31.0 Å². The Labute approximate surface area is 129 Å². The van der Waals surface area contributed by atoms with Gasteiger partial charge in [0, 0.05) is 0 Å². The molecule has 0 unspecified atom stereocenters. The molecule has 2 rings (SSSR count). The minimum atomic E-state index is -2.24. The van der Waals surface area contributed by atoms with Crippen molar-refractivity contribution in [3.8, 4) is 0 Å². The van der Waals surface area contributed by atoms with Gasteiger partial charge in [0.1, 0.15) is 18.1 Å². The lowest BCUT2D eigenvalue weighted by molar-refractivity contribution is 0.0769. The van der Waals surface area contributed by atoms with Gasteiger partial charge in [-0.05, 0) is 5.92 Å². The van der Waals surface area contributed by atoms with Crippen molar-refractivity contribution >= 4 is 17.9 Å². The number of nitrogens with one attached hydrogen (secondary N) is 1. The van der Waals surface area contributed by atoms with E-state index in [0.717, 1.165) is 6.34 Å². The van der Waals surface area contributed by atoms with Crippen LogP contribution in [-0.4, -0.2) is 36.3 Å². The minimum absolute atomic E-state index is 0.0125. The number of hydrogen-bond acceptors (Lipinski definition) is 3. The topological polar surface area (TPSA) is 48.7 Å². The number of aliphatic imine (C=N–C) groups is 1. The van der Waals surface area contributed by atoms with Crippen molar-refractivity contribution in [3.63, 3.8) is 0 Å². The van der Waals surface area contributed by atoms with Gasteiger partial charge in [-0.2, -0.15) is 0 Å². The number of benzene rings is 1. The first kappa shape index (κ1) is 17.3. The summed E-state index contributed by atoms with van der Waals surface area (Å²) in [5.41, 5.74) is -1.29. The van der Waals surface area contributed by atoms with Gasteiger partial charge in [0.15, 0.2) is 23.3 Å². The van der Waals surface area contributed by atoms with Crippen molar-refractivity contribution in [2.24, 2.45) is 10.9 Å². The van der Waals surface area contributed by atoms with Crippen LogP contribution in [-0.2, 0) is 4.74 Å². The van der Waals surface area contributed by atoms with Crippen LogP contribution in [0.25, 0.3) is 0 Å². The first-order valence-corrected chi connectivity index (χ1v) is 6.74. The highest BCUT2D eigenvalue weighted by atomic mass is 19.2. The second-order valence-corrected chi connectivity index (χ2v) is 5.34. The van der Waals surface area contributed by atoms with Crippen LogP contribution >= 0.6 is 0 Å². The summed E-state index contributed by atoms with van der Waals surface area (Å²) in [6, 6.07) is -0.332. The van der Waals surface area contributed by atoms with Gasteiger partial charge >= 0.3 is 0 Å². The van der Waals surface area contributed by atoms with Crippen LogP contribution in [0.15, 0.2) is 4.99 Å². The van der Waals surface area contributed by atoms with Gasteiger partial charge in [-0.1, -0.05) is 13.8 Å². The smallest absolute Gasteiger partial charge is 0.200 e. The Hall–Kier alpha value is -2.03. The Kier molecular flexibility index (Phi) is 4.98. The Bertz CT molecular complexity index is 633. The first-order chi connectivity index (χ1) is 10.8. The Morgan fingerprint density at radius 2 is 1.61 bits per heavy atom. The van der Waals surface area contributed by atoms with E-state index in [4.69, 9.17) is 10.1 Å². The highest BCUT2D eigenvalue weighted by Gasteiger charge is 2.29. The highest BCUT2D eigenvalue weighted by Crippen LogP contribution is 2.29. The predicted octanol–water partition coefficient (Wildman–Crippen LogP) is 3.38. The number of nitrogens with zero attached hydrogens (tertiary/aromatic N) is 2. The molecular weight excluding hydrogens is 321 g/mol. The molecule has 0 bridgehead atoms. The van der Waals surface area contributed by atoms with Crippen molar-refractivity contribution in [2.45, 2.75) is 19.9 Å². The molecule has 1 atom stereocenters. The molecule has 1 fully saturated rings. The zero-order chi connectivity index (χ0) is 17.3. The molecule has 1 heterocycles. The SMILES string of the molecule is CC(C)[C@H]1COCC(=N)N1C=Nc1c(F)c(F)c(F)c(F)c1F. The van der Waals surface area contributed by atoms with E-state index in [1.807, 2.05) is 13.8 Å². The fraction of sp³-hybridized carbons (Fsp3) is 0.429. The monoisotopic (exact) mass is 335 g/mol. The van der Waals surface area contributed by atoms with Crippen molar-refractivity contribution in [1.82, 2.24) is 4.90 Å². The molecule has 0 radical (unpaired) electrons. The maximum atomic E-state index is 13.6. The summed E-state index contributed by atoms with van der Waals surface area (Å²) in [6.45, 7) is 3.90. The number of ether oxygens (including phenoxy) is 1. The molecule has 0 aliphatic carbocycles.